The summed E-state index contributed by atoms with van der Waals surface area (Å²) in [6, 6.07) is 0.663. The molecular formula is C12H19ClN4OS. The molecule has 2 unspecified atom stereocenters. The number of ether oxygens (including phenoxy) is 1. The van der Waals surface area contributed by atoms with Crippen LogP contribution in [0, 0.1) is 0 Å². The highest BCUT2D eigenvalue weighted by Crippen LogP contribution is 2.30. The second-order valence-electron chi connectivity index (χ2n) is 4.83. The first-order chi connectivity index (χ1) is 9.08. The zero-order valence-corrected chi connectivity index (χ0v) is 13.0. The Labute approximate surface area is 122 Å². The molecule has 1 aromatic rings. The number of halogens is 1. The molecule has 1 fully saturated rings. The van der Waals surface area contributed by atoms with E-state index in [2.05, 4.69) is 26.5 Å². The van der Waals surface area contributed by atoms with Crippen molar-refractivity contribution in [1.29, 1.82) is 0 Å². The van der Waals surface area contributed by atoms with E-state index < -0.39 is 0 Å². The largest absolute Gasteiger partial charge is 0.461 e. The van der Waals surface area contributed by atoms with Crippen LogP contribution in [0.3, 0.4) is 0 Å². The fourth-order valence-electron chi connectivity index (χ4n) is 2.20. The molecule has 1 saturated carbocycles. The lowest BCUT2D eigenvalue weighted by Gasteiger charge is -2.19. The number of thioether (sulfide) groups is 1. The maximum Gasteiger partial charge on any atom is 0.322 e. The van der Waals surface area contributed by atoms with Gasteiger partial charge in [-0.05, 0) is 44.5 Å². The van der Waals surface area contributed by atoms with Gasteiger partial charge < -0.3 is 10.1 Å². The smallest absolute Gasteiger partial charge is 0.322 e. The zero-order valence-electron chi connectivity index (χ0n) is 11.4. The van der Waals surface area contributed by atoms with Gasteiger partial charge in [0.05, 0.1) is 6.10 Å². The topological polar surface area (TPSA) is 59.9 Å². The molecule has 1 N–H and O–H groups in total. The van der Waals surface area contributed by atoms with Crippen molar-refractivity contribution < 1.29 is 4.74 Å². The molecule has 1 heterocycles. The summed E-state index contributed by atoms with van der Waals surface area (Å²) in [6.07, 6.45) is 5.74. The molecule has 2 atom stereocenters. The third kappa shape index (κ3) is 4.11. The van der Waals surface area contributed by atoms with Crippen LogP contribution in [0.15, 0.2) is 0 Å². The van der Waals surface area contributed by atoms with E-state index >= 15 is 0 Å². The monoisotopic (exact) mass is 302 g/mol. The lowest BCUT2D eigenvalue weighted by molar-refractivity contribution is 0.222. The van der Waals surface area contributed by atoms with Gasteiger partial charge >= 0.3 is 6.01 Å². The van der Waals surface area contributed by atoms with E-state index in [0.717, 1.165) is 6.42 Å². The van der Waals surface area contributed by atoms with Gasteiger partial charge in [-0.15, -0.1) is 0 Å². The van der Waals surface area contributed by atoms with Crippen LogP contribution in [0.5, 0.6) is 6.01 Å². The van der Waals surface area contributed by atoms with Crippen LogP contribution in [0.25, 0.3) is 0 Å². The predicted octanol–water partition coefficient (Wildman–Crippen LogP) is 3.01. The summed E-state index contributed by atoms with van der Waals surface area (Å²) in [5, 5.41) is 4.11. The Bertz CT molecular complexity index is 432. The van der Waals surface area contributed by atoms with Crippen LogP contribution in [0.4, 0.5) is 5.95 Å². The second kappa shape index (κ2) is 6.61. The molecule has 0 bridgehead atoms. The minimum atomic E-state index is 0.0109. The third-order valence-corrected chi connectivity index (χ3v) is 4.34. The molecule has 7 heteroatoms. The zero-order chi connectivity index (χ0) is 13.8. The van der Waals surface area contributed by atoms with Gasteiger partial charge in [-0.25, -0.2) is 0 Å². The average Bonchev–Trinajstić information content (AvgIpc) is 2.74. The van der Waals surface area contributed by atoms with Gasteiger partial charge in [0.1, 0.15) is 0 Å². The quantitative estimate of drug-likeness (QED) is 0.902. The summed E-state index contributed by atoms with van der Waals surface area (Å²) in [5.74, 6) is 0.501. The molecule has 0 spiro atoms. The van der Waals surface area contributed by atoms with E-state index in [-0.39, 0.29) is 17.4 Å². The molecule has 1 aromatic heterocycles. The van der Waals surface area contributed by atoms with E-state index in [1.54, 1.807) is 0 Å². The predicted molar refractivity (Wildman–Crippen MR) is 79.2 cm³/mol. The van der Waals surface area contributed by atoms with Crippen molar-refractivity contribution in [2.75, 3.05) is 11.6 Å². The van der Waals surface area contributed by atoms with E-state index in [4.69, 9.17) is 16.3 Å². The first kappa shape index (κ1) is 14.7. The normalized spacial score (nSPS) is 22.8. The highest BCUT2D eigenvalue weighted by atomic mass is 35.5. The van der Waals surface area contributed by atoms with Crippen molar-refractivity contribution in [1.82, 2.24) is 15.0 Å². The van der Waals surface area contributed by atoms with E-state index in [1.807, 2.05) is 25.6 Å². The molecule has 0 saturated heterocycles. The van der Waals surface area contributed by atoms with Gasteiger partial charge in [0, 0.05) is 11.3 Å². The molecular weight excluding hydrogens is 284 g/mol. The first-order valence-corrected chi connectivity index (χ1v) is 8.12. The number of hydrogen-bond acceptors (Lipinski definition) is 6. The maximum atomic E-state index is 5.90. The van der Waals surface area contributed by atoms with Gasteiger partial charge in [0.2, 0.25) is 11.2 Å². The summed E-state index contributed by atoms with van der Waals surface area (Å²) in [6.45, 7) is 3.84. The lowest BCUT2D eigenvalue weighted by Crippen LogP contribution is -2.27. The van der Waals surface area contributed by atoms with Gasteiger partial charge in [0.25, 0.3) is 0 Å². The first-order valence-electron chi connectivity index (χ1n) is 6.46. The standard InChI is InChI=1S/C12H19ClN4OS/c1-7(2)18-12-16-10(13)15-11(17-12)14-8-5-4-6-9(8)19-3/h7-9H,4-6H2,1-3H3,(H,14,15,16,17). The van der Waals surface area contributed by atoms with Crippen molar-refractivity contribution >= 4 is 29.3 Å². The average molecular weight is 303 g/mol. The lowest BCUT2D eigenvalue weighted by atomic mass is 10.2. The van der Waals surface area contributed by atoms with Crippen molar-refractivity contribution in [3.8, 4) is 6.01 Å². The van der Waals surface area contributed by atoms with Gasteiger partial charge in [-0.1, -0.05) is 6.42 Å². The summed E-state index contributed by atoms with van der Waals surface area (Å²) in [4.78, 5) is 12.3. The van der Waals surface area contributed by atoms with Crippen LogP contribution in [-0.4, -0.2) is 38.6 Å². The van der Waals surface area contributed by atoms with Gasteiger partial charge in [-0.2, -0.15) is 26.7 Å². The molecule has 1 aliphatic carbocycles. The van der Waals surface area contributed by atoms with E-state index in [0.29, 0.717) is 17.2 Å². The van der Waals surface area contributed by atoms with Crippen molar-refractivity contribution in [2.24, 2.45) is 0 Å². The highest BCUT2D eigenvalue weighted by Gasteiger charge is 2.27. The Morgan fingerprint density at radius 2 is 2.11 bits per heavy atom. The molecule has 0 amide bonds. The fourth-order valence-corrected chi connectivity index (χ4v) is 3.29. The number of hydrogen-bond donors (Lipinski definition) is 1. The van der Waals surface area contributed by atoms with Crippen molar-refractivity contribution in [3.05, 3.63) is 5.28 Å². The SMILES string of the molecule is CSC1CCCC1Nc1nc(Cl)nc(OC(C)C)n1. The van der Waals surface area contributed by atoms with Crippen LogP contribution in [0.2, 0.25) is 5.28 Å². The van der Waals surface area contributed by atoms with Crippen molar-refractivity contribution in [3.63, 3.8) is 0 Å². The summed E-state index contributed by atoms with van der Waals surface area (Å²) in [5.41, 5.74) is 0. The molecule has 2 rings (SSSR count). The fraction of sp³-hybridized carbons (Fsp3) is 0.750. The number of nitrogens with zero attached hydrogens (tertiary/aromatic N) is 3. The van der Waals surface area contributed by atoms with Crippen LogP contribution >= 0.6 is 23.4 Å². The molecule has 5 nitrogen and oxygen atoms in total. The summed E-state index contributed by atoms with van der Waals surface area (Å²) >= 11 is 7.78. The Balaban J connectivity index is 2.09. The minimum absolute atomic E-state index is 0.0109. The van der Waals surface area contributed by atoms with Gasteiger partial charge in [-0.3, -0.25) is 0 Å². The van der Waals surface area contributed by atoms with E-state index in [1.165, 1.54) is 12.8 Å². The summed E-state index contributed by atoms with van der Waals surface area (Å²) < 4.78 is 5.46. The number of aromatic nitrogens is 3. The second-order valence-corrected chi connectivity index (χ2v) is 6.25. The van der Waals surface area contributed by atoms with Crippen molar-refractivity contribution in [2.45, 2.75) is 50.5 Å². The van der Waals surface area contributed by atoms with E-state index in [9.17, 15) is 0 Å². The Morgan fingerprint density at radius 1 is 1.32 bits per heavy atom. The molecule has 0 aliphatic heterocycles. The van der Waals surface area contributed by atoms with Gasteiger partial charge in [0.15, 0.2) is 0 Å². The number of nitrogens with one attached hydrogen (secondary N) is 1. The maximum absolute atomic E-state index is 5.90. The Hall–Kier alpha value is -0.750. The Morgan fingerprint density at radius 3 is 2.79 bits per heavy atom. The van der Waals surface area contributed by atoms with Crippen LogP contribution < -0.4 is 10.1 Å². The number of anilines is 1. The molecule has 19 heavy (non-hydrogen) atoms. The Kier molecular flexibility index (Phi) is 5.10. The number of rotatable bonds is 5. The molecule has 106 valence electrons. The summed E-state index contributed by atoms with van der Waals surface area (Å²) in [7, 11) is 0. The highest BCUT2D eigenvalue weighted by molar-refractivity contribution is 7.99. The van der Waals surface area contributed by atoms with Crippen LogP contribution in [0.1, 0.15) is 33.1 Å². The molecule has 0 aromatic carbocycles. The molecule has 1 aliphatic rings. The molecule has 0 radical (unpaired) electrons. The van der Waals surface area contributed by atoms with Crippen LogP contribution in [-0.2, 0) is 0 Å². The third-order valence-electron chi connectivity index (χ3n) is 3.00. The minimum Gasteiger partial charge on any atom is -0.461 e.